The summed E-state index contributed by atoms with van der Waals surface area (Å²) in [6.45, 7) is 4.44. The fourth-order valence-electron chi connectivity index (χ4n) is 2.47. The summed E-state index contributed by atoms with van der Waals surface area (Å²) in [5.74, 6) is 0. The standard InChI is InChI=1S/C17H29N/c1-4-5-6-7-8-12-17(18-3)14-16-11-9-10-15(2)13-16/h9-11,13,17-18H,4-8,12,14H2,1-3H3. The predicted molar refractivity (Wildman–Crippen MR) is 81.1 cm³/mol. The van der Waals surface area contributed by atoms with Gasteiger partial charge in [-0.15, -0.1) is 0 Å². The molecule has 0 aromatic heterocycles. The Kier molecular flexibility index (Phi) is 7.75. The van der Waals surface area contributed by atoms with Gasteiger partial charge in [-0.1, -0.05) is 68.9 Å². The summed E-state index contributed by atoms with van der Waals surface area (Å²) in [6.07, 6.45) is 9.33. The predicted octanol–water partition coefficient (Wildman–Crippen LogP) is 4.49. The van der Waals surface area contributed by atoms with Crippen LogP contribution in [0.1, 0.15) is 56.6 Å². The Morgan fingerprint density at radius 3 is 2.56 bits per heavy atom. The molecule has 18 heavy (non-hydrogen) atoms. The van der Waals surface area contributed by atoms with E-state index in [1.54, 1.807) is 0 Å². The molecule has 102 valence electrons. The molecule has 1 unspecified atom stereocenters. The smallest absolute Gasteiger partial charge is 0.0104 e. The molecule has 0 saturated carbocycles. The van der Waals surface area contributed by atoms with Crippen LogP contribution in [0.4, 0.5) is 0 Å². The lowest BCUT2D eigenvalue weighted by molar-refractivity contribution is 0.482. The topological polar surface area (TPSA) is 12.0 Å². The molecule has 0 amide bonds. The van der Waals surface area contributed by atoms with Gasteiger partial charge in [-0.05, 0) is 32.4 Å². The Bertz CT molecular complexity index is 319. The van der Waals surface area contributed by atoms with E-state index in [-0.39, 0.29) is 0 Å². The molecule has 0 spiro atoms. The van der Waals surface area contributed by atoms with Gasteiger partial charge in [-0.2, -0.15) is 0 Å². The Labute approximate surface area is 113 Å². The lowest BCUT2D eigenvalue weighted by atomic mass is 9.99. The second-order valence-electron chi connectivity index (χ2n) is 5.38. The minimum absolute atomic E-state index is 0.633. The summed E-state index contributed by atoms with van der Waals surface area (Å²) in [4.78, 5) is 0. The van der Waals surface area contributed by atoms with Gasteiger partial charge in [0.05, 0.1) is 0 Å². The molecule has 0 radical (unpaired) electrons. The first-order valence-corrected chi connectivity index (χ1v) is 7.49. The fourth-order valence-corrected chi connectivity index (χ4v) is 2.47. The molecule has 0 aliphatic carbocycles. The van der Waals surface area contributed by atoms with E-state index in [0.29, 0.717) is 6.04 Å². The molecule has 0 aliphatic rings. The van der Waals surface area contributed by atoms with E-state index in [1.807, 2.05) is 0 Å². The van der Waals surface area contributed by atoms with E-state index in [2.05, 4.69) is 50.5 Å². The zero-order chi connectivity index (χ0) is 13.2. The zero-order valence-corrected chi connectivity index (χ0v) is 12.3. The van der Waals surface area contributed by atoms with Crippen LogP contribution >= 0.6 is 0 Å². The lowest BCUT2D eigenvalue weighted by Gasteiger charge is -2.16. The lowest BCUT2D eigenvalue weighted by Crippen LogP contribution is -2.27. The van der Waals surface area contributed by atoms with Gasteiger partial charge < -0.3 is 5.32 Å². The van der Waals surface area contributed by atoms with Crippen molar-refractivity contribution in [3.8, 4) is 0 Å². The number of aryl methyl sites for hydroxylation is 1. The van der Waals surface area contributed by atoms with E-state index in [4.69, 9.17) is 0 Å². The number of hydrogen-bond acceptors (Lipinski definition) is 1. The van der Waals surface area contributed by atoms with Crippen molar-refractivity contribution in [2.45, 2.75) is 64.8 Å². The Balaban J connectivity index is 2.28. The summed E-state index contributed by atoms with van der Waals surface area (Å²) < 4.78 is 0. The quantitative estimate of drug-likeness (QED) is 0.634. The first-order chi connectivity index (χ1) is 8.76. The number of hydrogen-bond donors (Lipinski definition) is 1. The molecule has 1 heteroatoms. The minimum atomic E-state index is 0.633. The van der Waals surface area contributed by atoms with Gasteiger partial charge in [0.2, 0.25) is 0 Å². The van der Waals surface area contributed by atoms with Gasteiger partial charge in [0.15, 0.2) is 0 Å². The number of likely N-dealkylation sites (N-methyl/N-ethyl adjacent to an activating group) is 1. The third-order valence-electron chi connectivity index (χ3n) is 3.63. The van der Waals surface area contributed by atoms with Crippen molar-refractivity contribution in [3.63, 3.8) is 0 Å². The van der Waals surface area contributed by atoms with Gasteiger partial charge in [0.1, 0.15) is 0 Å². The van der Waals surface area contributed by atoms with Crippen LogP contribution in [0, 0.1) is 6.92 Å². The van der Waals surface area contributed by atoms with Crippen molar-refractivity contribution in [2.75, 3.05) is 7.05 Å². The van der Waals surface area contributed by atoms with E-state index >= 15 is 0 Å². The highest BCUT2D eigenvalue weighted by molar-refractivity contribution is 5.22. The highest BCUT2D eigenvalue weighted by Gasteiger charge is 2.06. The van der Waals surface area contributed by atoms with Crippen molar-refractivity contribution in [1.82, 2.24) is 5.32 Å². The highest BCUT2D eigenvalue weighted by atomic mass is 14.9. The molecule has 0 aliphatic heterocycles. The van der Waals surface area contributed by atoms with Crippen LogP contribution < -0.4 is 5.32 Å². The molecule has 1 rings (SSSR count). The summed E-state index contributed by atoms with van der Waals surface area (Å²) in [5, 5.41) is 3.46. The third kappa shape index (κ3) is 6.20. The summed E-state index contributed by atoms with van der Waals surface area (Å²) >= 11 is 0. The molecule has 1 nitrogen and oxygen atoms in total. The van der Waals surface area contributed by atoms with Crippen LogP contribution in [0.5, 0.6) is 0 Å². The maximum atomic E-state index is 3.46. The first kappa shape index (κ1) is 15.2. The number of rotatable bonds is 9. The van der Waals surface area contributed by atoms with Crippen molar-refractivity contribution < 1.29 is 0 Å². The molecule has 0 bridgehead atoms. The van der Waals surface area contributed by atoms with Gasteiger partial charge in [0, 0.05) is 6.04 Å². The van der Waals surface area contributed by atoms with Crippen LogP contribution in [0.2, 0.25) is 0 Å². The average molecular weight is 247 g/mol. The second kappa shape index (κ2) is 9.16. The van der Waals surface area contributed by atoms with E-state index < -0.39 is 0 Å². The molecule has 0 fully saturated rings. The molecule has 0 saturated heterocycles. The van der Waals surface area contributed by atoms with Crippen LogP contribution in [0.3, 0.4) is 0 Å². The van der Waals surface area contributed by atoms with Crippen molar-refractivity contribution in [1.29, 1.82) is 0 Å². The van der Waals surface area contributed by atoms with Crippen LogP contribution in [0.25, 0.3) is 0 Å². The van der Waals surface area contributed by atoms with Crippen LogP contribution in [-0.2, 0) is 6.42 Å². The highest BCUT2D eigenvalue weighted by Crippen LogP contribution is 2.12. The number of nitrogens with one attached hydrogen (secondary N) is 1. The van der Waals surface area contributed by atoms with Crippen LogP contribution in [-0.4, -0.2) is 13.1 Å². The van der Waals surface area contributed by atoms with Gasteiger partial charge >= 0.3 is 0 Å². The number of benzene rings is 1. The molecule has 0 heterocycles. The molecular formula is C17H29N. The maximum Gasteiger partial charge on any atom is 0.0104 e. The third-order valence-corrected chi connectivity index (χ3v) is 3.63. The van der Waals surface area contributed by atoms with E-state index in [0.717, 1.165) is 6.42 Å². The normalized spacial score (nSPS) is 12.6. The van der Waals surface area contributed by atoms with Crippen LogP contribution in [0.15, 0.2) is 24.3 Å². The minimum Gasteiger partial charge on any atom is -0.317 e. The van der Waals surface area contributed by atoms with Gasteiger partial charge in [-0.25, -0.2) is 0 Å². The van der Waals surface area contributed by atoms with Crippen molar-refractivity contribution in [3.05, 3.63) is 35.4 Å². The van der Waals surface area contributed by atoms with Crippen molar-refractivity contribution >= 4 is 0 Å². The van der Waals surface area contributed by atoms with Crippen molar-refractivity contribution in [2.24, 2.45) is 0 Å². The Hall–Kier alpha value is -0.820. The largest absolute Gasteiger partial charge is 0.317 e. The molecule has 1 aromatic carbocycles. The SMILES string of the molecule is CCCCCCCC(Cc1cccc(C)c1)NC. The van der Waals surface area contributed by atoms with E-state index in [1.165, 1.54) is 49.7 Å². The summed E-state index contributed by atoms with van der Waals surface area (Å²) in [6, 6.07) is 9.52. The summed E-state index contributed by atoms with van der Waals surface area (Å²) in [5.41, 5.74) is 2.83. The molecule has 1 atom stereocenters. The molecule has 1 aromatic rings. The Morgan fingerprint density at radius 1 is 1.11 bits per heavy atom. The van der Waals surface area contributed by atoms with E-state index in [9.17, 15) is 0 Å². The molecule has 1 N–H and O–H groups in total. The Morgan fingerprint density at radius 2 is 1.89 bits per heavy atom. The molecular weight excluding hydrogens is 218 g/mol. The van der Waals surface area contributed by atoms with Gasteiger partial charge in [0.25, 0.3) is 0 Å². The fraction of sp³-hybridized carbons (Fsp3) is 0.647. The zero-order valence-electron chi connectivity index (χ0n) is 12.3. The second-order valence-corrected chi connectivity index (χ2v) is 5.38. The van der Waals surface area contributed by atoms with Gasteiger partial charge in [-0.3, -0.25) is 0 Å². The first-order valence-electron chi connectivity index (χ1n) is 7.49. The maximum absolute atomic E-state index is 3.46. The number of unbranched alkanes of at least 4 members (excludes halogenated alkanes) is 4. The monoisotopic (exact) mass is 247 g/mol. The summed E-state index contributed by atoms with van der Waals surface area (Å²) in [7, 11) is 2.09. The average Bonchev–Trinajstić information content (AvgIpc) is 2.37.